The molecular weight excluding hydrogens is 310 g/mol. The lowest BCUT2D eigenvalue weighted by Crippen LogP contribution is -2.49. The second-order valence-electron chi connectivity index (χ2n) is 5.97. The van der Waals surface area contributed by atoms with E-state index >= 15 is 0 Å². The number of fused-ring (bicyclic) bond motifs is 1. The predicted octanol–water partition coefficient (Wildman–Crippen LogP) is 1.81. The lowest BCUT2D eigenvalue weighted by atomic mass is 10.1. The van der Waals surface area contributed by atoms with Gasteiger partial charge in [-0.05, 0) is 18.2 Å². The van der Waals surface area contributed by atoms with Gasteiger partial charge in [-0.3, -0.25) is 9.79 Å². The van der Waals surface area contributed by atoms with Crippen molar-refractivity contribution in [3.05, 3.63) is 30.1 Å². The van der Waals surface area contributed by atoms with Crippen LogP contribution in [-0.2, 0) is 0 Å². The molecule has 120 valence electrons. The van der Waals surface area contributed by atoms with E-state index in [9.17, 15) is 4.79 Å². The summed E-state index contributed by atoms with van der Waals surface area (Å²) < 4.78 is 0. The first-order valence-electron chi connectivity index (χ1n) is 7.89. The van der Waals surface area contributed by atoms with Crippen LogP contribution < -0.4 is 0 Å². The van der Waals surface area contributed by atoms with Crippen molar-refractivity contribution in [2.75, 3.05) is 32.7 Å². The highest BCUT2D eigenvalue weighted by molar-refractivity contribution is 8.14. The number of rotatable bonds is 1. The lowest BCUT2D eigenvalue weighted by Gasteiger charge is -2.35. The van der Waals surface area contributed by atoms with Crippen LogP contribution in [0, 0.1) is 0 Å². The van der Waals surface area contributed by atoms with Crippen molar-refractivity contribution in [1.82, 2.24) is 19.8 Å². The summed E-state index contributed by atoms with van der Waals surface area (Å²) in [5.74, 6) is 0.0931. The largest absolute Gasteiger partial charge is 0.348 e. The molecule has 1 saturated heterocycles. The SMILES string of the molecule is C[C@@H]1CN=C(N2CCN(C(=O)c3ccc4nc[nH]c4c3)CC2)S1. The smallest absolute Gasteiger partial charge is 0.254 e. The Morgan fingerprint density at radius 2 is 2.13 bits per heavy atom. The average Bonchev–Trinajstić information content (AvgIpc) is 3.22. The van der Waals surface area contributed by atoms with Crippen LogP contribution >= 0.6 is 11.8 Å². The molecule has 2 aliphatic heterocycles. The summed E-state index contributed by atoms with van der Waals surface area (Å²) in [5, 5.41) is 1.72. The van der Waals surface area contributed by atoms with Gasteiger partial charge in [-0.25, -0.2) is 4.98 Å². The molecule has 0 spiro atoms. The van der Waals surface area contributed by atoms with E-state index < -0.39 is 0 Å². The Bertz CT molecular complexity index is 763. The van der Waals surface area contributed by atoms with Crippen LogP contribution in [0.25, 0.3) is 11.0 Å². The summed E-state index contributed by atoms with van der Waals surface area (Å²) >= 11 is 1.84. The van der Waals surface area contributed by atoms with Crippen LogP contribution in [0.4, 0.5) is 0 Å². The van der Waals surface area contributed by atoms with Crippen LogP contribution in [0.2, 0.25) is 0 Å². The fraction of sp³-hybridized carbons (Fsp3) is 0.438. The number of hydrogen-bond donors (Lipinski definition) is 1. The van der Waals surface area contributed by atoms with Gasteiger partial charge in [0, 0.05) is 37.0 Å². The minimum Gasteiger partial charge on any atom is -0.348 e. The maximum absolute atomic E-state index is 12.7. The number of piperazine rings is 1. The molecule has 1 N–H and O–H groups in total. The van der Waals surface area contributed by atoms with Gasteiger partial charge in [-0.2, -0.15) is 0 Å². The van der Waals surface area contributed by atoms with Crippen LogP contribution in [0.5, 0.6) is 0 Å². The van der Waals surface area contributed by atoms with Crippen LogP contribution in [0.3, 0.4) is 0 Å². The molecule has 1 amide bonds. The van der Waals surface area contributed by atoms with E-state index in [0.717, 1.165) is 54.5 Å². The Kier molecular flexibility index (Phi) is 3.72. The van der Waals surface area contributed by atoms with Gasteiger partial charge in [0.05, 0.1) is 23.9 Å². The third kappa shape index (κ3) is 2.81. The maximum Gasteiger partial charge on any atom is 0.254 e. The Balaban J connectivity index is 1.42. The molecule has 1 fully saturated rings. The van der Waals surface area contributed by atoms with Gasteiger partial charge in [-0.15, -0.1) is 0 Å². The number of carbonyl (C=O) groups is 1. The van der Waals surface area contributed by atoms with Crippen molar-refractivity contribution < 1.29 is 4.79 Å². The maximum atomic E-state index is 12.7. The number of amidine groups is 1. The summed E-state index contributed by atoms with van der Waals surface area (Å²) in [4.78, 5) is 28.7. The second-order valence-corrected chi connectivity index (χ2v) is 7.37. The third-order valence-electron chi connectivity index (χ3n) is 4.29. The fourth-order valence-electron chi connectivity index (χ4n) is 2.99. The average molecular weight is 329 g/mol. The van der Waals surface area contributed by atoms with Gasteiger partial charge >= 0.3 is 0 Å². The molecular formula is C16H19N5OS. The van der Waals surface area contributed by atoms with Crippen LogP contribution in [0.15, 0.2) is 29.5 Å². The minimum absolute atomic E-state index is 0.0931. The first-order chi connectivity index (χ1) is 11.2. The fourth-order valence-corrected chi connectivity index (χ4v) is 3.98. The summed E-state index contributed by atoms with van der Waals surface area (Å²) in [6, 6.07) is 5.63. The molecule has 23 heavy (non-hydrogen) atoms. The van der Waals surface area contributed by atoms with Crippen molar-refractivity contribution >= 4 is 33.9 Å². The molecule has 0 saturated carbocycles. The van der Waals surface area contributed by atoms with E-state index in [1.165, 1.54) is 0 Å². The number of hydrogen-bond acceptors (Lipinski definition) is 5. The molecule has 3 heterocycles. The molecule has 1 atom stereocenters. The number of imidazole rings is 1. The van der Waals surface area contributed by atoms with Gasteiger partial charge in [-0.1, -0.05) is 18.7 Å². The third-order valence-corrected chi connectivity index (χ3v) is 5.44. The highest BCUT2D eigenvalue weighted by Gasteiger charge is 2.27. The number of benzene rings is 1. The molecule has 0 radical (unpaired) electrons. The Hall–Kier alpha value is -2.02. The molecule has 6 nitrogen and oxygen atoms in total. The van der Waals surface area contributed by atoms with Gasteiger partial charge in [0.15, 0.2) is 5.17 Å². The number of aromatic amines is 1. The molecule has 7 heteroatoms. The number of carbonyl (C=O) groups excluding carboxylic acids is 1. The van der Waals surface area contributed by atoms with Crippen molar-refractivity contribution in [2.24, 2.45) is 4.99 Å². The second kappa shape index (κ2) is 5.88. The number of aromatic nitrogens is 2. The van der Waals surface area contributed by atoms with Gasteiger partial charge in [0.25, 0.3) is 5.91 Å². The zero-order valence-electron chi connectivity index (χ0n) is 13.0. The molecule has 0 aliphatic carbocycles. The zero-order chi connectivity index (χ0) is 15.8. The van der Waals surface area contributed by atoms with Crippen LogP contribution in [0.1, 0.15) is 17.3 Å². The molecule has 0 bridgehead atoms. The van der Waals surface area contributed by atoms with Crippen molar-refractivity contribution in [3.8, 4) is 0 Å². The van der Waals surface area contributed by atoms with Crippen molar-refractivity contribution in [2.45, 2.75) is 12.2 Å². The first kappa shape index (κ1) is 14.6. The van der Waals surface area contributed by atoms with E-state index in [-0.39, 0.29) is 5.91 Å². The number of nitrogens with one attached hydrogen (secondary N) is 1. The minimum atomic E-state index is 0.0931. The first-order valence-corrected chi connectivity index (χ1v) is 8.77. The normalized spacial score (nSPS) is 21.8. The molecule has 4 rings (SSSR count). The van der Waals surface area contributed by atoms with Crippen LogP contribution in [-0.4, -0.2) is 68.8 Å². The quantitative estimate of drug-likeness (QED) is 0.867. The van der Waals surface area contributed by atoms with E-state index in [2.05, 4.69) is 26.8 Å². The van der Waals surface area contributed by atoms with Gasteiger partial charge < -0.3 is 14.8 Å². The van der Waals surface area contributed by atoms with Gasteiger partial charge in [0.2, 0.25) is 0 Å². The predicted molar refractivity (Wildman–Crippen MR) is 92.9 cm³/mol. The summed E-state index contributed by atoms with van der Waals surface area (Å²) in [6.45, 7) is 6.31. The number of amides is 1. The van der Waals surface area contributed by atoms with E-state index in [0.29, 0.717) is 5.25 Å². The Labute approximate surface area is 139 Å². The van der Waals surface area contributed by atoms with E-state index in [4.69, 9.17) is 0 Å². The van der Waals surface area contributed by atoms with Gasteiger partial charge in [0.1, 0.15) is 0 Å². The molecule has 1 aromatic heterocycles. The Morgan fingerprint density at radius 1 is 1.30 bits per heavy atom. The Morgan fingerprint density at radius 3 is 2.87 bits per heavy atom. The number of aliphatic imine (C=N–C) groups is 1. The highest BCUT2D eigenvalue weighted by Crippen LogP contribution is 2.24. The molecule has 2 aliphatic rings. The standard InChI is InChI=1S/C16H19N5OS/c1-11-9-17-16(23-11)21-6-4-20(5-7-21)15(22)12-2-3-13-14(8-12)19-10-18-13/h2-3,8,10-11H,4-7,9H2,1H3,(H,18,19)/t11-/m1/s1. The number of thioether (sulfide) groups is 1. The topological polar surface area (TPSA) is 64.6 Å². The molecule has 0 unspecified atom stereocenters. The zero-order valence-corrected chi connectivity index (χ0v) is 13.8. The number of H-pyrrole nitrogens is 1. The summed E-state index contributed by atoms with van der Waals surface area (Å²) in [5.41, 5.74) is 2.51. The molecule has 2 aromatic rings. The van der Waals surface area contributed by atoms with E-state index in [1.54, 1.807) is 6.33 Å². The lowest BCUT2D eigenvalue weighted by molar-refractivity contribution is 0.0694. The summed E-state index contributed by atoms with van der Waals surface area (Å²) in [7, 11) is 0. The van der Waals surface area contributed by atoms with Crippen molar-refractivity contribution in [1.29, 1.82) is 0 Å². The van der Waals surface area contributed by atoms with E-state index in [1.807, 2.05) is 34.9 Å². The number of nitrogens with zero attached hydrogens (tertiary/aromatic N) is 4. The molecule has 1 aromatic carbocycles. The highest BCUT2D eigenvalue weighted by atomic mass is 32.2. The van der Waals surface area contributed by atoms with Crippen molar-refractivity contribution in [3.63, 3.8) is 0 Å². The monoisotopic (exact) mass is 329 g/mol. The summed E-state index contributed by atoms with van der Waals surface area (Å²) in [6.07, 6.45) is 1.65.